The van der Waals surface area contributed by atoms with Crippen LogP contribution >= 0.6 is 0 Å². The van der Waals surface area contributed by atoms with Crippen LogP contribution in [0, 0.1) is 0 Å². The third-order valence-electron chi connectivity index (χ3n) is 4.07. The molecule has 0 aromatic heterocycles. The van der Waals surface area contributed by atoms with Crippen molar-refractivity contribution in [3.8, 4) is 0 Å². The molecule has 2 N–H and O–H groups in total. The molecule has 6 heteroatoms. The van der Waals surface area contributed by atoms with Crippen LogP contribution in [0.25, 0.3) is 0 Å². The maximum atomic E-state index is 12.2. The quantitative estimate of drug-likeness (QED) is 0.712. The van der Waals surface area contributed by atoms with E-state index in [1.807, 2.05) is 13.8 Å². The van der Waals surface area contributed by atoms with Gasteiger partial charge in [0, 0.05) is 32.7 Å². The van der Waals surface area contributed by atoms with Gasteiger partial charge in [0.25, 0.3) is 0 Å². The molecule has 0 aromatic carbocycles. The Morgan fingerprint density at radius 2 is 2.16 bits per heavy atom. The van der Waals surface area contributed by atoms with Crippen molar-refractivity contribution in [2.75, 3.05) is 39.5 Å². The Balaban J connectivity index is 1.80. The van der Waals surface area contributed by atoms with E-state index in [1.54, 1.807) is 4.90 Å². The highest BCUT2D eigenvalue weighted by Crippen LogP contribution is 2.24. The first kappa shape index (κ1) is 14.7. The molecule has 19 heavy (non-hydrogen) atoms. The molecule has 2 saturated heterocycles. The van der Waals surface area contributed by atoms with E-state index in [4.69, 9.17) is 9.47 Å². The van der Waals surface area contributed by atoms with E-state index >= 15 is 0 Å². The van der Waals surface area contributed by atoms with Gasteiger partial charge in [-0.25, -0.2) is 0 Å². The Morgan fingerprint density at radius 1 is 1.47 bits per heavy atom. The normalized spacial score (nSPS) is 33.4. The Morgan fingerprint density at radius 3 is 2.74 bits per heavy atom. The van der Waals surface area contributed by atoms with Crippen molar-refractivity contribution >= 4 is 5.91 Å². The number of morpholine rings is 1. The molecule has 2 aliphatic rings. The predicted molar refractivity (Wildman–Crippen MR) is 69.8 cm³/mol. The van der Waals surface area contributed by atoms with E-state index < -0.39 is 5.60 Å². The lowest BCUT2D eigenvalue weighted by Gasteiger charge is -2.32. The van der Waals surface area contributed by atoms with Gasteiger partial charge in [-0.05, 0) is 13.8 Å². The smallest absolute Gasteiger partial charge is 0.239 e. The zero-order valence-corrected chi connectivity index (χ0v) is 11.7. The van der Waals surface area contributed by atoms with E-state index in [1.165, 1.54) is 0 Å². The molecule has 0 aliphatic carbocycles. The fourth-order valence-corrected chi connectivity index (χ4v) is 2.48. The minimum absolute atomic E-state index is 0.0680. The third kappa shape index (κ3) is 3.45. The van der Waals surface area contributed by atoms with Gasteiger partial charge in [-0.2, -0.15) is 0 Å². The van der Waals surface area contributed by atoms with Crippen LogP contribution in [-0.4, -0.2) is 73.1 Å². The largest absolute Gasteiger partial charge is 0.386 e. The van der Waals surface area contributed by atoms with Crippen LogP contribution in [0.5, 0.6) is 0 Å². The fraction of sp³-hybridized carbons (Fsp3) is 0.923. The standard InChI is InChI=1S/C13H24N2O4/c1-10(12(16)15-4-7-18-8-5-15)14-9-13(17)3-6-19-11(13)2/h10-11,14,17H,3-9H2,1-2H3. The molecular formula is C13H24N2O4. The van der Waals surface area contributed by atoms with Crippen molar-refractivity contribution < 1.29 is 19.4 Å². The van der Waals surface area contributed by atoms with Crippen LogP contribution in [0.1, 0.15) is 20.3 Å². The first-order valence-corrected chi connectivity index (χ1v) is 6.97. The number of ether oxygens (including phenoxy) is 2. The van der Waals surface area contributed by atoms with Crippen molar-refractivity contribution in [1.29, 1.82) is 0 Å². The lowest BCUT2D eigenvalue weighted by atomic mass is 9.96. The topological polar surface area (TPSA) is 71.0 Å². The van der Waals surface area contributed by atoms with Gasteiger partial charge in [0.2, 0.25) is 5.91 Å². The minimum Gasteiger partial charge on any atom is -0.386 e. The SMILES string of the molecule is CC(NCC1(O)CCOC1C)C(=O)N1CCOCC1. The van der Waals surface area contributed by atoms with Gasteiger partial charge in [-0.15, -0.1) is 0 Å². The molecule has 0 bridgehead atoms. The Hall–Kier alpha value is -0.690. The van der Waals surface area contributed by atoms with Crippen LogP contribution in [0.3, 0.4) is 0 Å². The zero-order chi connectivity index (χ0) is 13.9. The van der Waals surface area contributed by atoms with Crippen LogP contribution in [0.2, 0.25) is 0 Å². The summed E-state index contributed by atoms with van der Waals surface area (Å²) in [5.74, 6) is 0.0680. The highest BCUT2D eigenvalue weighted by Gasteiger charge is 2.39. The zero-order valence-electron chi connectivity index (χ0n) is 11.7. The number of hydrogen-bond acceptors (Lipinski definition) is 5. The van der Waals surface area contributed by atoms with E-state index in [2.05, 4.69) is 5.32 Å². The van der Waals surface area contributed by atoms with Gasteiger partial charge in [0.05, 0.1) is 25.4 Å². The number of nitrogens with one attached hydrogen (secondary N) is 1. The van der Waals surface area contributed by atoms with Crippen LogP contribution < -0.4 is 5.32 Å². The second-order valence-electron chi connectivity index (χ2n) is 5.41. The molecule has 3 unspecified atom stereocenters. The van der Waals surface area contributed by atoms with Gasteiger partial charge >= 0.3 is 0 Å². The van der Waals surface area contributed by atoms with Gasteiger partial charge in [0.15, 0.2) is 0 Å². The second kappa shape index (κ2) is 6.17. The second-order valence-corrected chi connectivity index (χ2v) is 5.41. The monoisotopic (exact) mass is 272 g/mol. The fourth-order valence-electron chi connectivity index (χ4n) is 2.48. The lowest BCUT2D eigenvalue weighted by molar-refractivity contribution is -0.137. The van der Waals surface area contributed by atoms with Crippen LogP contribution in [0.15, 0.2) is 0 Å². The van der Waals surface area contributed by atoms with Crippen molar-refractivity contribution in [1.82, 2.24) is 10.2 Å². The average Bonchev–Trinajstić information content (AvgIpc) is 2.77. The molecular weight excluding hydrogens is 248 g/mol. The average molecular weight is 272 g/mol. The van der Waals surface area contributed by atoms with Crippen molar-refractivity contribution in [3.63, 3.8) is 0 Å². The summed E-state index contributed by atoms with van der Waals surface area (Å²) in [5, 5.41) is 13.5. The van der Waals surface area contributed by atoms with Crippen molar-refractivity contribution in [2.24, 2.45) is 0 Å². The number of aliphatic hydroxyl groups is 1. The first-order valence-electron chi connectivity index (χ1n) is 6.97. The van der Waals surface area contributed by atoms with Crippen molar-refractivity contribution in [2.45, 2.75) is 38.0 Å². The summed E-state index contributed by atoms with van der Waals surface area (Å²) in [6.07, 6.45) is 0.422. The Labute approximate surface area is 114 Å². The van der Waals surface area contributed by atoms with Gasteiger partial charge in [-0.1, -0.05) is 0 Å². The summed E-state index contributed by atoms with van der Waals surface area (Å²) in [5.41, 5.74) is -0.862. The summed E-state index contributed by atoms with van der Waals surface area (Å²) >= 11 is 0. The van der Waals surface area contributed by atoms with E-state index in [-0.39, 0.29) is 18.1 Å². The Kier molecular flexibility index (Phi) is 4.78. The third-order valence-corrected chi connectivity index (χ3v) is 4.07. The molecule has 2 heterocycles. The van der Waals surface area contributed by atoms with E-state index in [0.29, 0.717) is 45.9 Å². The molecule has 0 spiro atoms. The maximum absolute atomic E-state index is 12.2. The number of nitrogens with zero attached hydrogens (tertiary/aromatic N) is 1. The summed E-state index contributed by atoms with van der Waals surface area (Å²) in [7, 11) is 0. The summed E-state index contributed by atoms with van der Waals surface area (Å²) < 4.78 is 10.6. The van der Waals surface area contributed by atoms with Gasteiger partial charge in [-0.3, -0.25) is 4.79 Å². The molecule has 3 atom stereocenters. The number of carbonyl (C=O) groups is 1. The van der Waals surface area contributed by atoms with E-state index in [9.17, 15) is 9.90 Å². The lowest BCUT2D eigenvalue weighted by Crippen LogP contribution is -2.54. The predicted octanol–water partition coefficient (Wildman–Crippen LogP) is -0.637. The summed E-state index contributed by atoms with van der Waals surface area (Å²) in [4.78, 5) is 14.0. The molecule has 0 saturated carbocycles. The summed E-state index contributed by atoms with van der Waals surface area (Å²) in [6.45, 7) is 7.16. The highest BCUT2D eigenvalue weighted by atomic mass is 16.5. The molecule has 2 fully saturated rings. The minimum atomic E-state index is -0.862. The maximum Gasteiger partial charge on any atom is 0.239 e. The molecule has 6 nitrogen and oxygen atoms in total. The van der Waals surface area contributed by atoms with Crippen LogP contribution in [-0.2, 0) is 14.3 Å². The van der Waals surface area contributed by atoms with Crippen LogP contribution in [0.4, 0.5) is 0 Å². The summed E-state index contributed by atoms with van der Waals surface area (Å²) in [6, 6.07) is -0.296. The molecule has 2 aliphatic heterocycles. The number of carbonyl (C=O) groups excluding carboxylic acids is 1. The first-order chi connectivity index (χ1) is 9.03. The molecule has 1 amide bonds. The number of amides is 1. The molecule has 2 rings (SSSR count). The molecule has 110 valence electrons. The molecule has 0 radical (unpaired) electrons. The highest BCUT2D eigenvalue weighted by molar-refractivity contribution is 5.81. The van der Waals surface area contributed by atoms with Crippen molar-refractivity contribution in [3.05, 3.63) is 0 Å². The van der Waals surface area contributed by atoms with E-state index in [0.717, 1.165) is 0 Å². The number of hydrogen-bond donors (Lipinski definition) is 2. The van der Waals surface area contributed by atoms with Gasteiger partial charge < -0.3 is 24.8 Å². The van der Waals surface area contributed by atoms with Gasteiger partial charge in [0.1, 0.15) is 5.60 Å². The number of rotatable bonds is 4. The Bertz CT molecular complexity index is 320. The molecule has 0 aromatic rings.